The zero-order valence-corrected chi connectivity index (χ0v) is 12.8. The highest BCUT2D eigenvalue weighted by Gasteiger charge is 2.29. The second-order valence-corrected chi connectivity index (χ2v) is 5.89. The van der Waals surface area contributed by atoms with E-state index in [1.54, 1.807) is 24.5 Å². The number of pyridine rings is 1. The maximum Gasteiger partial charge on any atom is 0.227 e. The monoisotopic (exact) mass is 316 g/mol. The molecule has 1 aromatic carbocycles. The van der Waals surface area contributed by atoms with Gasteiger partial charge in [0.15, 0.2) is 0 Å². The number of aromatic hydroxyl groups is 1. The SMILES string of the molecule is O=C(Cc1ccc(O)cc1Cl)N1CCCC1c1ccncc1. The van der Waals surface area contributed by atoms with Crippen molar-refractivity contribution in [3.05, 3.63) is 58.9 Å². The van der Waals surface area contributed by atoms with Crippen LogP contribution in [0.25, 0.3) is 0 Å². The van der Waals surface area contributed by atoms with Gasteiger partial charge >= 0.3 is 0 Å². The van der Waals surface area contributed by atoms with Crippen LogP contribution in [0.3, 0.4) is 0 Å². The second-order valence-electron chi connectivity index (χ2n) is 5.48. The maximum absolute atomic E-state index is 12.6. The van der Waals surface area contributed by atoms with Crippen LogP contribution in [0.5, 0.6) is 5.75 Å². The molecule has 1 N–H and O–H groups in total. The summed E-state index contributed by atoms with van der Waals surface area (Å²) in [6.45, 7) is 0.765. The van der Waals surface area contributed by atoms with Crippen LogP contribution in [0.1, 0.15) is 30.0 Å². The summed E-state index contributed by atoms with van der Waals surface area (Å²) in [5, 5.41) is 9.81. The van der Waals surface area contributed by atoms with E-state index in [1.165, 1.54) is 6.07 Å². The number of aromatic nitrogens is 1. The Kier molecular flexibility index (Phi) is 4.29. The molecule has 22 heavy (non-hydrogen) atoms. The highest BCUT2D eigenvalue weighted by Crippen LogP contribution is 2.32. The quantitative estimate of drug-likeness (QED) is 0.944. The Hall–Kier alpha value is -2.07. The number of carbonyl (C=O) groups excluding carboxylic acids is 1. The lowest BCUT2D eigenvalue weighted by molar-refractivity contribution is -0.131. The van der Waals surface area contributed by atoms with Crippen molar-refractivity contribution in [1.82, 2.24) is 9.88 Å². The van der Waals surface area contributed by atoms with Gasteiger partial charge in [-0.15, -0.1) is 0 Å². The van der Waals surface area contributed by atoms with Crippen LogP contribution in [-0.2, 0) is 11.2 Å². The molecule has 2 heterocycles. The van der Waals surface area contributed by atoms with Crippen LogP contribution < -0.4 is 0 Å². The fourth-order valence-electron chi connectivity index (χ4n) is 2.94. The number of phenolic OH excluding ortho intramolecular Hbond substituents is 1. The topological polar surface area (TPSA) is 53.4 Å². The zero-order chi connectivity index (χ0) is 15.5. The number of benzene rings is 1. The van der Waals surface area contributed by atoms with Gasteiger partial charge in [-0.25, -0.2) is 0 Å². The third kappa shape index (κ3) is 3.07. The highest BCUT2D eigenvalue weighted by atomic mass is 35.5. The van der Waals surface area contributed by atoms with Gasteiger partial charge in [0.25, 0.3) is 0 Å². The molecule has 1 amide bonds. The van der Waals surface area contributed by atoms with Crippen molar-refractivity contribution in [2.75, 3.05) is 6.54 Å². The Morgan fingerprint density at radius 1 is 1.32 bits per heavy atom. The average Bonchev–Trinajstić information content (AvgIpc) is 3.00. The van der Waals surface area contributed by atoms with Crippen LogP contribution in [0, 0.1) is 0 Å². The molecule has 0 bridgehead atoms. The molecule has 0 radical (unpaired) electrons. The Morgan fingerprint density at radius 3 is 2.82 bits per heavy atom. The van der Waals surface area contributed by atoms with Gasteiger partial charge in [0.2, 0.25) is 5.91 Å². The van der Waals surface area contributed by atoms with Gasteiger partial charge in [-0.2, -0.15) is 0 Å². The molecule has 114 valence electrons. The third-order valence-corrected chi connectivity index (χ3v) is 4.39. The number of halogens is 1. The fourth-order valence-corrected chi connectivity index (χ4v) is 3.18. The summed E-state index contributed by atoms with van der Waals surface area (Å²) in [6, 6.07) is 8.76. The first kappa shape index (κ1) is 14.9. The predicted molar refractivity (Wildman–Crippen MR) is 84.7 cm³/mol. The molecule has 5 heteroatoms. The molecule has 1 aliphatic heterocycles. The van der Waals surface area contributed by atoms with Gasteiger partial charge in [-0.1, -0.05) is 17.7 Å². The molecule has 1 fully saturated rings. The van der Waals surface area contributed by atoms with Gasteiger partial charge in [-0.05, 0) is 48.2 Å². The number of carbonyl (C=O) groups is 1. The number of likely N-dealkylation sites (tertiary alicyclic amines) is 1. The Morgan fingerprint density at radius 2 is 2.09 bits per heavy atom. The molecule has 1 aliphatic rings. The van der Waals surface area contributed by atoms with E-state index in [-0.39, 0.29) is 24.1 Å². The predicted octanol–water partition coefficient (Wildman–Crippen LogP) is 3.35. The number of nitrogens with zero attached hydrogens (tertiary/aromatic N) is 2. The van der Waals surface area contributed by atoms with E-state index in [0.717, 1.165) is 30.5 Å². The van der Waals surface area contributed by atoms with Gasteiger partial charge in [-0.3, -0.25) is 9.78 Å². The number of rotatable bonds is 3. The lowest BCUT2D eigenvalue weighted by Gasteiger charge is -2.25. The molecule has 1 aromatic heterocycles. The molecule has 1 saturated heterocycles. The van der Waals surface area contributed by atoms with Crippen LogP contribution in [-0.4, -0.2) is 27.4 Å². The van der Waals surface area contributed by atoms with Crippen molar-refractivity contribution in [2.24, 2.45) is 0 Å². The van der Waals surface area contributed by atoms with Crippen LogP contribution in [0.15, 0.2) is 42.7 Å². The van der Waals surface area contributed by atoms with E-state index >= 15 is 0 Å². The first-order valence-electron chi connectivity index (χ1n) is 7.32. The Balaban J connectivity index is 1.76. The van der Waals surface area contributed by atoms with Gasteiger partial charge in [0.1, 0.15) is 5.75 Å². The van der Waals surface area contributed by atoms with E-state index < -0.39 is 0 Å². The van der Waals surface area contributed by atoms with Crippen LogP contribution >= 0.6 is 11.6 Å². The summed E-state index contributed by atoms with van der Waals surface area (Å²) < 4.78 is 0. The molecular weight excluding hydrogens is 300 g/mol. The second kappa shape index (κ2) is 6.36. The largest absolute Gasteiger partial charge is 0.508 e. The summed E-state index contributed by atoms with van der Waals surface area (Å²) in [5.74, 6) is 0.170. The van der Waals surface area contributed by atoms with Crippen LogP contribution in [0.4, 0.5) is 0 Å². The average molecular weight is 317 g/mol. The van der Waals surface area contributed by atoms with Crippen molar-refractivity contribution >= 4 is 17.5 Å². The normalized spacial score (nSPS) is 17.7. The molecule has 4 nitrogen and oxygen atoms in total. The lowest BCUT2D eigenvalue weighted by atomic mass is 10.1. The molecule has 0 saturated carbocycles. The number of hydrogen-bond donors (Lipinski definition) is 1. The lowest BCUT2D eigenvalue weighted by Crippen LogP contribution is -2.31. The maximum atomic E-state index is 12.6. The minimum atomic E-state index is 0.0619. The number of phenols is 1. The molecule has 2 aromatic rings. The van der Waals surface area contributed by atoms with Crippen molar-refractivity contribution in [2.45, 2.75) is 25.3 Å². The zero-order valence-electron chi connectivity index (χ0n) is 12.1. The van der Waals surface area contributed by atoms with Gasteiger partial charge < -0.3 is 10.0 Å². The van der Waals surface area contributed by atoms with Crippen molar-refractivity contribution in [3.8, 4) is 5.75 Å². The smallest absolute Gasteiger partial charge is 0.227 e. The number of amides is 1. The summed E-state index contributed by atoms with van der Waals surface area (Å²) in [5.41, 5.74) is 1.86. The van der Waals surface area contributed by atoms with Crippen LogP contribution in [0.2, 0.25) is 5.02 Å². The summed E-state index contributed by atoms with van der Waals surface area (Å²) in [7, 11) is 0. The van der Waals surface area contributed by atoms with E-state index in [2.05, 4.69) is 4.98 Å². The molecule has 0 spiro atoms. The minimum Gasteiger partial charge on any atom is -0.508 e. The fraction of sp³-hybridized carbons (Fsp3) is 0.294. The van der Waals surface area contributed by atoms with Crippen molar-refractivity contribution < 1.29 is 9.90 Å². The molecule has 1 unspecified atom stereocenters. The Bertz CT molecular complexity index is 676. The van der Waals surface area contributed by atoms with E-state index in [4.69, 9.17) is 11.6 Å². The molecule has 3 rings (SSSR count). The molecule has 0 aliphatic carbocycles. The summed E-state index contributed by atoms with van der Waals surface area (Å²) in [6.07, 6.45) is 5.74. The van der Waals surface area contributed by atoms with Gasteiger partial charge in [0, 0.05) is 24.0 Å². The molecular formula is C17H17ClN2O2. The van der Waals surface area contributed by atoms with Crippen molar-refractivity contribution in [1.29, 1.82) is 0 Å². The first-order valence-corrected chi connectivity index (χ1v) is 7.70. The summed E-state index contributed by atoms with van der Waals surface area (Å²) >= 11 is 6.09. The van der Waals surface area contributed by atoms with E-state index in [9.17, 15) is 9.90 Å². The van der Waals surface area contributed by atoms with E-state index in [1.807, 2.05) is 17.0 Å². The number of hydrogen-bond acceptors (Lipinski definition) is 3. The standard InChI is InChI=1S/C17H17ClN2O2/c18-15-11-14(21)4-3-13(15)10-17(22)20-9-1-2-16(20)12-5-7-19-8-6-12/h3-8,11,16,21H,1-2,9-10H2. The summed E-state index contributed by atoms with van der Waals surface area (Å²) in [4.78, 5) is 18.6. The minimum absolute atomic E-state index is 0.0619. The molecule has 1 atom stereocenters. The highest BCUT2D eigenvalue weighted by molar-refractivity contribution is 6.31. The van der Waals surface area contributed by atoms with Gasteiger partial charge in [0.05, 0.1) is 12.5 Å². The first-order chi connectivity index (χ1) is 10.6. The third-order valence-electron chi connectivity index (χ3n) is 4.04. The van der Waals surface area contributed by atoms with Crippen molar-refractivity contribution in [3.63, 3.8) is 0 Å². The van der Waals surface area contributed by atoms with E-state index in [0.29, 0.717) is 5.02 Å². The Labute approximate surface area is 134 Å².